The molecule has 3 fully saturated rings. The highest BCUT2D eigenvalue weighted by molar-refractivity contribution is 7.45. The summed E-state index contributed by atoms with van der Waals surface area (Å²) in [5.74, 6) is 5.01. The Morgan fingerprint density at radius 3 is 2.18 bits per heavy atom. The molecule has 1 N–H and O–H groups in total. The zero-order chi connectivity index (χ0) is 44.4. The highest BCUT2D eigenvalue weighted by Gasteiger charge is 2.59. The van der Waals surface area contributed by atoms with E-state index in [9.17, 15) is 4.79 Å². The van der Waals surface area contributed by atoms with Gasteiger partial charge in [0, 0.05) is 38.2 Å². The van der Waals surface area contributed by atoms with E-state index in [1.54, 1.807) is 5.57 Å². The fourth-order valence-corrected chi connectivity index (χ4v) is 13.2. The third kappa shape index (κ3) is 15.7. The van der Waals surface area contributed by atoms with E-state index in [1.807, 2.05) is 13.8 Å². The van der Waals surface area contributed by atoms with Gasteiger partial charge in [-0.1, -0.05) is 65.5 Å². The molecule has 6 unspecified atom stereocenters. The van der Waals surface area contributed by atoms with Crippen LogP contribution in [0.1, 0.15) is 153 Å². The van der Waals surface area contributed by atoms with E-state index < -0.39 is 8.53 Å². The van der Waals surface area contributed by atoms with E-state index >= 15 is 0 Å². The van der Waals surface area contributed by atoms with Gasteiger partial charge in [0.15, 0.2) is 6.40 Å². The first-order chi connectivity index (χ1) is 29.2. The number of alkyl carbamates (subject to hydrolysis) is 1. The Hall–Kier alpha value is -1.33. The molecule has 354 valence electrons. The third-order valence-electron chi connectivity index (χ3n) is 14.6. The standard InChI is InChI=1S/C49H90N3O8P/c1-12-50-35-58-61(52(37(4)5)38(6)7)60-40(9)34-57-32-31-56-30-29-55-28-27-54-26-14-25-51-47(53)59-42-21-23-48(10)41(33-42)17-18-43-45-20-19-44(39(8)16-13-15-36(2)3)49(45,11)24-22-46(43)48/h17,35-40,42-46H,12-16,18-34H2,1-11H3,(H,51,53)/t39-,40?,42+,43?,44?,45?,46?,48+,49-,61?/m1/s1. The highest BCUT2D eigenvalue weighted by Crippen LogP contribution is 2.67. The van der Waals surface area contributed by atoms with E-state index in [4.69, 9.17) is 32.7 Å². The number of allylic oxidation sites excluding steroid dienone is 1. The van der Waals surface area contributed by atoms with E-state index in [0.717, 1.165) is 61.2 Å². The lowest BCUT2D eigenvalue weighted by atomic mass is 9.47. The van der Waals surface area contributed by atoms with Gasteiger partial charge < -0.3 is 38.0 Å². The molecule has 12 heteroatoms. The number of nitrogens with zero attached hydrogens (tertiary/aromatic N) is 2. The van der Waals surface area contributed by atoms with Gasteiger partial charge in [0.25, 0.3) is 0 Å². The fraction of sp³-hybridized carbons (Fsp3) is 0.918. The van der Waals surface area contributed by atoms with Crippen molar-refractivity contribution in [2.45, 2.75) is 178 Å². The quantitative estimate of drug-likeness (QED) is 0.0258. The first-order valence-electron chi connectivity index (χ1n) is 24.6. The van der Waals surface area contributed by atoms with Crippen LogP contribution >= 0.6 is 8.53 Å². The highest BCUT2D eigenvalue weighted by atomic mass is 31.2. The van der Waals surface area contributed by atoms with Crippen LogP contribution in [0.25, 0.3) is 0 Å². The van der Waals surface area contributed by atoms with Gasteiger partial charge in [-0.25, -0.2) is 9.46 Å². The normalized spacial score (nSPS) is 29.1. The second kappa shape index (κ2) is 26.6. The third-order valence-corrected chi connectivity index (χ3v) is 16.8. The molecule has 3 saturated carbocycles. The van der Waals surface area contributed by atoms with Crippen molar-refractivity contribution in [3.05, 3.63) is 11.6 Å². The van der Waals surface area contributed by atoms with Crippen molar-refractivity contribution < 1.29 is 37.5 Å². The maximum Gasteiger partial charge on any atom is 0.407 e. The molecular weight excluding hydrogens is 790 g/mol. The van der Waals surface area contributed by atoms with Crippen molar-refractivity contribution in [3.63, 3.8) is 0 Å². The summed E-state index contributed by atoms with van der Waals surface area (Å²) in [4.78, 5) is 17.0. The van der Waals surface area contributed by atoms with Gasteiger partial charge in [-0.15, -0.1) is 0 Å². The lowest BCUT2D eigenvalue weighted by Crippen LogP contribution is -2.51. The smallest absolute Gasteiger partial charge is 0.407 e. The van der Waals surface area contributed by atoms with Crippen LogP contribution in [-0.2, 0) is 32.7 Å². The molecule has 4 aliphatic carbocycles. The minimum atomic E-state index is -1.29. The maximum absolute atomic E-state index is 12.8. The molecule has 4 aliphatic rings. The Morgan fingerprint density at radius 2 is 1.52 bits per heavy atom. The van der Waals surface area contributed by atoms with Gasteiger partial charge >= 0.3 is 14.6 Å². The number of carbonyl (C=O) groups is 1. The predicted octanol–water partition coefficient (Wildman–Crippen LogP) is 11.4. The molecule has 1 amide bonds. The van der Waals surface area contributed by atoms with Gasteiger partial charge in [0.1, 0.15) is 6.10 Å². The summed E-state index contributed by atoms with van der Waals surface area (Å²) in [6.07, 6.45) is 18.3. The van der Waals surface area contributed by atoms with Gasteiger partial charge in [-0.3, -0.25) is 4.99 Å². The Morgan fingerprint density at radius 1 is 0.852 bits per heavy atom. The van der Waals surface area contributed by atoms with E-state index in [0.29, 0.717) is 71.4 Å². The van der Waals surface area contributed by atoms with Crippen LogP contribution in [-0.4, -0.2) is 107 Å². The average molecular weight is 880 g/mol. The summed E-state index contributed by atoms with van der Waals surface area (Å²) >= 11 is 0. The van der Waals surface area contributed by atoms with Gasteiger partial charge in [-0.05, 0) is 139 Å². The Kier molecular flexibility index (Phi) is 22.8. The van der Waals surface area contributed by atoms with E-state index in [2.05, 4.69) is 83.4 Å². The van der Waals surface area contributed by atoms with Crippen LogP contribution in [0.4, 0.5) is 4.79 Å². The summed E-state index contributed by atoms with van der Waals surface area (Å²) in [6.45, 7) is 30.2. The first kappa shape index (κ1) is 52.3. The molecule has 4 rings (SSSR count). The second-order valence-electron chi connectivity index (χ2n) is 20.2. The summed E-state index contributed by atoms with van der Waals surface area (Å²) in [6, 6.07) is 0.548. The zero-order valence-electron chi connectivity index (χ0n) is 40.6. The molecule has 0 bridgehead atoms. The number of fused-ring (bicyclic) bond motifs is 5. The molecule has 0 radical (unpaired) electrons. The van der Waals surface area contributed by atoms with Crippen molar-refractivity contribution >= 4 is 21.0 Å². The number of aliphatic imine (C=N–C) groups is 1. The van der Waals surface area contributed by atoms with Crippen LogP contribution in [0.5, 0.6) is 0 Å². The molecule has 61 heavy (non-hydrogen) atoms. The monoisotopic (exact) mass is 880 g/mol. The van der Waals surface area contributed by atoms with Gasteiger partial charge in [-0.2, -0.15) is 0 Å². The molecule has 0 aromatic carbocycles. The van der Waals surface area contributed by atoms with Crippen LogP contribution in [0.3, 0.4) is 0 Å². The van der Waals surface area contributed by atoms with Crippen molar-refractivity contribution in [2.24, 2.45) is 51.3 Å². The Labute approximate surface area is 373 Å². The van der Waals surface area contributed by atoms with Crippen molar-refractivity contribution in [1.82, 2.24) is 9.99 Å². The molecule has 0 saturated heterocycles. The Bertz CT molecular complexity index is 1310. The summed E-state index contributed by atoms with van der Waals surface area (Å²) in [5.41, 5.74) is 2.34. The molecule has 0 aromatic rings. The Balaban J connectivity index is 1.00. The van der Waals surface area contributed by atoms with Gasteiger partial charge in [0.05, 0.1) is 52.4 Å². The number of amides is 1. The number of nitrogens with one attached hydrogen (secondary N) is 1. The number of hydrogen-bond acceptors (Lipinski definition) is 10. The minimum Gasteiger partial charge on any atom is -0.446 e. The summed E-state index contributed by atoms with van der Waals surface area (Å²) in [7, 11) is -1.29. The number of ether oxygens (including phenoxy) is 5. The van der Waals surface area contributed by atoms with Crippen molar-refractivity contribution in [1.29, 1.82) is 0 Å². The van der Waals surface area contributed by atoms with E-state index in [-0.39, 0.29) is 35.8 Å². The molecular formula is C49H90N3O8P. The fourth-order valence-electron chi connectivity index (χ4n) is 11.7. The number of rotatable bonds is 29. The first-order valence-corrected chi connectivity index (χ1v) is 25.7. The lowest BCUT2D eigenvalue weighted by Gasteiger charge is -2.58. The average Bonchev–Trinajstić information content (AvgIpc) is 3.56. The molecule has 0 aliphatic heterocycles. The van der Waals surface area contributed by atoms with Crippen LogP contribution in [0, 0.1) is 46.3 Å². The molecule has 11 nitrogen and oxygen atoms in total. The molecule has 0 heterocycles. The number of hydrogen-bond donors (Lipinski definition) is 1. The van der Waals surface area contributed by atoms with Gasteiger partial charge in [0.2, 0.25) is 0 Å². The minimum absolute atomic E-state index is 0.0309. The van der Waals surface area contributed by atoms with E-state index in [1.165, 1.54) is 57.8 Å². The topological polar surface area (TPSA) is 109 Å². The summed E-state index contributed by atoms with van der Waals surface area (Å²) < 4.78 is 43.2. The van der Waals surface area contributed by atoms with Crippen LogP contribution in [0.15, 0.2) is 16.6 Å². The van der Waals surface area contributed by atoms with Crippen LogP contribution < -0.4 is 5.32 Å². The van der Waals surface area contributed by atoms with Crippen LogP contribution in [0.2, 0.25) is 0 Å². The van der Waals surface area contributed by atoms with Crippen molar-refractivity contribution in [3.8, 4) is 0 Å². The SMILES string of the molecule is CCN=COP(OC(C)COCCOCCOCCOCCCNC(=O)O[C@H]1CC[C@@]2(C)C(=CCC3C4CCC([C@H](C)CCCC(C)C)[C@@]4(C)CCC32)C1)N(C(C)C)C(C)C. The molecule has 0 aromatic heterocycles. The maximum atomic E-state index is 12.8. The zero-order valence-corrected chi connectivity index (χ0v) is 41.5. The predicted molar refractivity (Wildman–Crippen MR) is 249 cm³/mol. The van der Waals surface area contributed by atoms with Crippen molar-refractivity contribution in [2.75, 3.05) is 65.9 Å². The summed E-state index contributed by atoms with van der Waals surface area (Å²) in [5, 5.41) is 2.96. The largest absolute Gasteiger partial charge is 0.446 e. The molecule has 10 atom stereocenters. The second-order valence-corrected chi connectivity index (χ2v) is 21.5. The number of carbonyl (C=O) groups excluding carboxylic acids is 1. The lowest BCUT2D eigenvalue weighted by molar-refractivity contribution is -0.0581. The molecule has 0 spiro atoms.